The third-order valence-corrected chi connectivity index (χ3v) is 4.60. The quantitative estimate of drug-likeness (QED) is 0.841. The van der Waals surface area contributed by atoms with E-state index in [2.05, 4.69) is 41.5 Å². The number of phenols is 1. The minimum atomic E-state index is -0.143. The largest absolute Gasteiger partial charge is 0.507 e. The van der Waals surface area contributed by atoms with E-state index in [4.69, 9.17) is 0 Å². The van der Waals surface area contributed by atoms with E-state index in [0.29, 0.717) is 11.5 Å². The molecule has 0 bridgehead atoms. The fraction of sp³-hybridized carbons (Fsp3) is 0.611. The van der Waals surface area contributed by atoms with Gasteiger partial charge in [-0.05, 0) is 27.5 Å². The molecular formula is C18H29NO2S. The van der Waals surface area contributed by atoms with Crippen molar-refractivity contribution in [1.82, 2.24) is 4.90 Å². The number of carbonyl (C=O) groups is 1. The molecule has 124 valence electrons. The first-order valence-corrected chi connectivity index (χ1v) is 8.53. The van der Waals surface area contributed by atoms with Crippen LogP contribution in [0, 0.1) is 0 Å². The van der Waals surface area contributed by atoms with Gasteiger partial charge in [-0.15, -0.1) is 0 Å². The number of hydrogen-bond donors (Lipinski definition) is 1. The van der Waals surface area contributed by atoms with Gasteiger partial charge in [0, 0.05) is 19.8 Å². The van der Waals surface area contributed by atoms with Gasteiger partial charge in [0.05, 0.1) is 0 Å². The Morgan fingerprint density at radius 3 is 1.77 bits per heavy atom. The molecule has 0 heterocycles. The molecule has 4 heteroatoms. The minimum Gasteiger partial charge on any atom is -0.507 e. The smallest absolute Gasteiger partial charge is 0.281 e. The van der Waals surface area contributed by atoms with Gasteiger partial charge in [-0.2, -0.15) is 0 Å². The second-order valence-corrected chi connectivity index (χ2v) is 8.92. The summed E-state index contributed by atoms with van der Waals surface area (Å²) in [5, 5.41) is 10.7. The fourth-order valence-electron chi connectivity index (χ4n) is 2.20. The number of nitrogens with zero attached hydrogens (tertiary/aromatic N) is 1. The lowest BCUT2D eigenvalue weighted by molar-refractivity contribution is 0.241. The van der Waals surface area contributed by atoms with E-state index in [1.807, 2.05) is 12.1 Å². The van der Waals surface area contributed by atoms with Crippen LogP contribution in [-0.4, -0.2) is 29.3 Å². The Balaban J connectivity index is 3.27. The molecule has 3 nitrogen and oxygen atoms in total. The summed E-state index contributed by atoms with van der Waals surface area (Å²) in [5.41, 5.74) is 2.67. The molecule has 0 saturated carbocycles. The van der Waals surface area contributed by atoms with Crippen LogP contribution in [0.15, 0.2) is 12.1 Å². The average molecular weight is 324 g/mol. The molecule has 0 aliphatic carbocycles. The first-order chi connectivity index (χ1) is 9.84. The monoisotopic (exact) mass is 323 g/mol. The van der Waals surface area contributed by atoms with Crippen LogP contribution >= 0.6 is 11.8 Å². The maximum atomic E-state index is 11.8. The summed E-state index contributed by atoms with van der Waals surface area (Å²) in [5.74, 6) is 0.997. The lowest BCUT2D eigenvalue weighted by atomic mass is 9.78. The van der Waals surface area contributed by atoms with Crippen molar-refractivity contribution in [3.05, 3.63) is 28.8 Å². The number of hydrogen-bond acceptors (Lipinski definition) is 3. The third-order valence-electron chi connectivity index (χ3n) is 3.51. The topological polar surface area (TPSA) is 40.5 Å². The van der Waals surface area contributed by atoms with Crippen molar-refractivity contribution in [1.29, 1.82) is 0 Å². The van der Waals surface area contributed by atoms with Crippen molar-refractivity contribution in [2.45, 2.75) is 58.1 Å². The number of phenolic OH excluding ortho intramolecular Hbond substituents is 1. The van der Waals surface area contributed by atoms with Crippen molar-refractivity contribution in [2.24, 2.45) is 0 Å². The van der Waals surface area contributed by atoms with Gasteiger partial charge in [0.2, 0.25) is 0 Å². The first kappa shape index (κ1) is 18.9. The second kappa shape index (κ2) is 6.53. The van der Waals surface area contributed by atoms with Crippen LogP contribution in [0.3, 0.4) is 0 Å². The number of amides is 1. The van der Waals surface area contributed by atoms with Gasteiger partial charge in [0.1, 0.15) is 5.75 Å². The van der Waals surface area contributed by atoms with Gasteiger partial charge in [0.15, 0.2) is 0 Å². The Labute approximate surface area is 139 Å². The molecule has 1 rings (SSSR count). The van der Waals surface area contributed by atoms with Crippen molar-refractivity contribution in [2.75, 3.05) is 14.1 Å². The number of carbonyl (C=O) groups excluding carboxylic acids is 1. The predicted octanol–water partition coefficient (Wildman–Crippen LogP) is 4.90. The van der Waals surface area contributed by atoms with Gasteiger partial charge in [0.25, 0.3) is 5.24 Å². The molecule has 1 amide bonds. The zero-order chi connectivity index (χ0) is 17.3. The molecule has 0 aliphatic rings. The second-order valence-electron chi connectivity index (χ2n) is 7.99. The molecule has 0 aliphatic heterocycles. The Morgan fingerprint density at radius 1 is 1.05 bits per heavy atom. The number of aromatic hydroxyl groups is 1. The van der Waals surface area contributed by atoms with E-state index in [-0.39, 0.29) is 16.1 Å². The summed E-state index contributed by atoms with van der Waals surface area (Å²) in [6.45, 7) is 12.6. The van der Waals surface area contributed by atoms with Gasteiger partial charge in [-0.25, -0.2) is 0 Å². The highest BCUT2D eigenvalue weighted by Crippen LogP contribution is 2.40. The molecule has 0 fully saturated rings. The molecule has 0 aromatic heterocycles. The molecule has 0 atom stereocenters. The summed E-state index contributed by atoms with van der Waals surface area (Å²) in [7, 11) is 3.51. The fourth-order valence-corrected chi connectivity index (χ4v) is 2.91. The first-order valence-electron chi connectivity index (χ1n) is 7.55. The van der Waals surface area contributed by atoms with Gasteiger partial charge >= 0.3 is 0 Å². The van der Waals surface area contributed by atoms with E-state index >= 15 is 0 Å². The lowest BCUT2D eigenvalue weighted by Gasteiger charge is -2.28. The molecule has 0 spiro atoms. The normalized spacial score (nSPS) is 12.4. The SMILES string of the molecule is CN(C)C(=O)SCc1cc(C(C)(C)C)c(O)c(C(C)(C)C)c1. The maximum Gasteiger partial charge on any atom is 0.281 e. The summed E-state index contributed by atoms with van der Waals surface area (Å²) in [4.78, 5) is 13.4. The lowest BCUT2D eigenvalue weighted by Crippen LogP contribution is -2.18. The van der Waals surface area contributed by atoms with Crippen LogP contribution in [0.5, 0.6) is 5.75 Å². The molecular weight excluding hydrogens is 294 g/mol. The van der Waals surface area contributed by atoms with Crippen molar-refractivity contribution in [3.63, 3.8) is 0 Å². The van der Waals surface area contributed by atoms with E-state index in [1.54, 1.807) is 19.0 Å². The van der Waals surface area contributed by atoms with E-state index in [9.17, 15) is 9.90 Å². The predicted molar refractivity (Wildman–Crippen MR) is 95.9 cm³/mol. The maximum absolute atomic E-state index is 11.8. The summed E-state index contributed by atoms with van der Waals surface area (Å²) >= 11 is 1.29. The molecule has 22 heavy (non-hydrogen) atoms. The van der Waals surface area contributed by atoms with Crippen LogP contribution in [-0.2, 0) is 16.6 Å². The third kappa shape index (κ3) is 4.67. The zero-order valence-electron chi connectivity index (χ0n) is 15.1. The van der Waals surface area contributed by atoms with Crippen LogP contribution in [0.25, 0.3) is 0 Å². The van der Waals surface area contributed by atoms with Crippen LogP contribution in [0.2, 0.25) is 0 Å². The standard InChI is InChI=1S/C18H29NO2S/c1-17(2,3)13-9-12(11-22-16(21)19(7)8)10-14(15(13)20)18(4,5)6/h9-10,20H,11H2,1-8H3. The Kier molecular flexibility index (Phi) is 5.61. The van der Waals surface area contributed by atoms with E-state index in [1.165, 1.54) is 11.8 Å². The van der Waals surface area contributed by atoms with E-state index in [0.717, 1.165) is 16.7 Å². The highest BCUT2D eigenvalue weighted by atomic mass is 32.2. The molecule has 0 unspecified atom stereocenters. The molecule has 0 radical (unpaired) electrons. The van der Waals surface area contributed by atoms with Crippen LogP contribution < -0.4 is 0 Å². The van der Waals surface area contributed by atoms with E-state index < -0.39 is 0 Å². The van der Waals surface area contributed by atoms with Crippen molar-refractivity contribution >= 4 is 17.0 Å². The summed E-state index contributed by atoms with van der Waals surface area (Å²) in [6, 6.07) is 4.06. The Bertz CT molecular complexity index is 516. The average Bonchev–Trinajstić information content (AvgIpc) is 2.33. The van der Waals surface area contributed by atoms with Gasteiger partial charge < -0.3 is 10.0 Å². The molecule has 1 aromatic rings. The highest BCUT2D eigenvalue weighted by Gasteiger charge is 2.26. The van der Waals surface area contributed by atoms with Crippen molar-refractivity contribution < 1.29 is 9.90 Å². The van der Waals surface area contributed by atoms with Gasteiger partial charge in [-0.1, -0.05) is 65.4 Å². The summed E-state index contributed by atoms with van der Waals surface area (Å²) in [6.07, 6.45) is 0. The number of rotatable bonds is 2. The van der Waals surface area contributed by atoms with Crippen molar-refractivity contribution in [3.8, 4) is 5.75 Å². The van der Waals surface area contributed by atoms with Crippen LogP contribution in [0.1, 0.15) is 58.2 Å². The number of thioether (sulfide) groups is 1. The highest BCUT2D eigenvalue weighted by molar-refractivity contribution is 8.12. The molecule has 1 N–H and O–H groups in total. The molecule has 1 aromatic carbocycles. The van der Waals surface area contributed by atoms with Gasteiger partial charge in [-0.3, -0.25) is 4.79 Å². The Morgan fingerprint density at radius 2 is 1.45 bits per heavy atom. The Hall–Kier alpha value is -1.16. The minimum absolute atomic E-state index is 0.0442. The summed E-state index contributed by atoms with van der Waals surface area (Å²) < 4.78 is 0. The zero-order valence-corrected chi connectivity index (χ0v) is 15.9. The van der Waals surface area contributed by atoms with Crippen LogP contribution in [0.4, 0.5) is 4.79 Å². The molecule has 0 saturated heterocycles. The number of benzene rings is 1.